The van der Waals surface area contributed by atoms with Gasteiger partial charge >= 0.3 is 0 Å². The third kappa shape index (κ3) is 4.99. The van der Waals surface area contributed by atoms with E-state index in [2.05, 4.69) is 4.72 Å². The minimum absolute atomic E-state index is 0.0500. The maximum absolute atomic E-state index is 13.1. The molecule has 1 aliphatic rings. The Kier molecular flexibility index (Phi) is 6.41. The van der Waals surface area contributed by atoms with Crippen LogP contribution in [0.4, 0.5) is 0 Å². The van der Waals surface area contributed by atoms with Crippen LogP contribution in [0.15, 0.2) is 23.1 Å². The molecule has 0 unspecified atom stereocenters. The summed E-state index contributed by atoms with van der Waals surface area (Å²) in [6.45, 7) is 9.26. The first-order valence-electron chi connectivity index (χ1n) is 9.08. The number of sulfonamides is 1. The van der Waals surface area contributed by atoms with Gasteiger partial charge < -0.3 is 4.90 Å². The normalized spacial score (nSPS) is 16.3. The zero-order valence-electron chi connectivity index (χ0n) is 16.2. The van der Waals surface area contributed by atoms with Crippen LogP contribution >= 0.6 is 11.6 Å². The third-order valence-corrected chi connectivity index (χ3v) is 6.66. The first-order valence-corrected chi connectivity index (χ1v) is 10.9. The van der Waals surface area contributed by atoms with Gasteiger partial charge in [-0.25, -0.2) is 13.1 Å². The number of nitrogens with zero attached hydrogens (tertiary/aromatic N) is 1. The first kappa shape index (κ1) is 21.2. The quantitative estimate of drug-likeness (QED) is 0.804. The van der Waals surface area contributed by atoms with Gasteiger partial charge in [-0.3, -0.25) is 4.79 Å². The molecule has 1 fully saturated rings. The van der Waals surface area contributed by atoms with Gasteiger partial charge in [-0.05, 0) is 65.7 Å². The van der Waals surface area contributed by atoms with Crippen LogP contribution < -0.4 is 4.72 Å². The molecule has 0 bridgehead atoms. The van der Waals surface area contributed by atoms with E-state index >= 15 is 0 Å². The number of benzene rings is 1. The van der Waals surface area contributed by atoms with E-state index in [1.165, 1.54) is 12.1 Å². The molecule has 0 aromatic heterocycles. The topological polar surface area (TPSA) is 66.5 Å². The van der Waals surface area contributed by atoms with Gasteiger partial charge in [-0.15, -0.1) is 0 Å². The second-order valence-electron chi connectivity index (χ2n) is 8.25. The number of carbonyl (C=O) groups excluding carboxylic acids is 1. The van der Waals surface area contributed by atoms with Gasteiger partial charge in [0, 0.05) is 23.2 Å². The van der Waals surface area contributed by atoms with Gasteiger partial charge in [0.1, 0.15) is 4.90 Å². The second kappa shape index (κ2) is 7.87. The fourth-order valence-electron chi connectivity index (χ4n) is 3.45. The minimum atomic E-state index is -3.82. The molecule has 1 aromatic rings. The molecule has 0 atom stereocenters. The standard InChI is InChI=1S/C19H29ClN2O3S/c1-13(2)22(15-8-6-7-9-15)18(23)14-10-11-16(20)17(12-14)26(24,25)21-19(3,4)5/h10-13,15,21H,6-9H2,1-5H3. The lowest BCUT2D eigenvalue weighted by atomic mass is 10.1. The summed E-state index contributed by atoms with van der Waals surface area (Å²) in [5, 5.41) is 0.107. The molecule has 7 heteroatoms. The molecule has 26 heavy (non-hydrogen) atoms. The van der Waals surface area contributed by atoms with Crippen molar-refractivity contribution in [1.82, 2.24) is 9.62 Å². The van der Waals surface area contributed by atoms with Crippen molar-refractivity contribution < 1.29 is 13.2 Å². The van der Waals surface area contributed by atoms with E-state index in [4.69, 9.17) is 11.6 Å². The number of hydrogen-bond acceptors (Lipinski definition) is 3. The summed E-state index contributed by atoms with van der Waals surface area (Å²) >= 11 is 6.14. The average molecular weight is 401 g/mol. The molecule has 0 heterocycles. The van der Waals surface area contributed by atoms with Crippen molar-refractivity contribution in [2.75, 3.05) is 0 Å². The molecule has 0 radical (unpaired) electrons. The highest BCUT2D eigenvalue weighted by Gasteiger charge is 2.31. The van der Waals surface area contributed by atoms with Gasteiger partial charge in [0.25, 0.3) is 5.91 Å². The predicted octanol–water partition coefficient (Wildman–Crippen LogP) is 4.21. The van der Waals surface area contributed by atoms with Crippen LogP contribution in [0.5, 0.6) is 0 Å². The molecular formula is C19H29ClN2O3S. The first-order chi connectivity index (χ1) is 11.9. The van der Waals surface area contributed by atoms with Gasteiger partial charge in [0.15, 0.2) is 0 Å². The highest BCUT2D eigenvalue weighted by molar-refractivity contribution is 7.89. The summed E-state index contributed by atoms with van der Waals surface area (Å²) in [7, 11) is -3.82. The van der Waals surface area contributed by atoms with Crippen LogP contribution in [0.3, 0.4) is 0 Å². The van der Waals surface area contributed by atoms with Crippen molar-refractivity contribution >= 4 is 27.5 Å². The number of rotatable bonds is 5. The van der Waals surface area contributed by atoms with Gasteiger partial charge in [-0.2, -0.15) is 0 Å². The lowest BCUT2D eigenvalue weighted by Crippen LogP contribution is -2.44. The highest BCUT2D eigenvalue weighted by atomic mass is 35.5. The Hall–Kier alpha value is -1.11. The van der Waals surface area contributed by atoms with Crippen LogP contribution in [0.2, 0.25) is 5.02 Å². The smallest absolute Gasteiger partial charge is 0.254 e. The zero-order valence-corrected chi connectivity index (χ0v) is 17.7. The van der Waals surface area contributed by atoms with E-state index < -0.39 is 15.6 Å². The summed E-state index contributed by atoms with van der Waals surface area (Å²) in [6, 6.07) is 4.74. The van der Waals surface area contributed by atoms with Crippen LogP contribution in [0.25, 0.3) is 0 Å². The van der Waals surface area contributed by atoms with E-state index in [-0.39, 0.29) is 27.9 Å². The number of amides is 1. The Balaban J connectivity index is 2.40. The van der Waals surface area contributed by atoms with Crippen LogP contribution in [0, 0.1) is 0 Å². The van der Waals surface area contributed by atoms with Crippen molar-refractivity contribution in [2.45, 2.75) is 82.8 Å². The predicted molar refractivity (Wildman–Crippen MR) is 105 cm³/mol. The molecular weight excluding hydrogens is 372 g/mol. The second-order valence-corrected chi connectivity index (χ2v) is 10.3. The van der Waals surface area contributed by atoms with Crippen LogP contribution in [0.1, 0.15) is 70.7 Å². The largest absolute Gasteiger partial charge is 0.333 e. The SMILES string of the molecule is CC(C)N(C(=O)c1ccc(Cl)c(S(=O)(=O)NC(C)(C)C)c1)C1CCCC1. The van der Waals surface area contributed by atoms with Gasteiger partial charge in [0.2, 0.25) is 10.0 Å². The van der Waals surface area contributed by atoms with Crippen LogP contribution in [-0.2, 0) is 10.0 Å². The maximum atomic E-state index is 13.1. The molecule has 1 aromatic carbocycles. The molecule has 2 rings (SSSR count). The van der Waals surface area contributed by atoms with Crippen molar-refractivity contribution in [3.63, 3.8) is 0 Å². The zero-order chi connectivity index (χ0) is 19.7. The van der Waals surface area contributed by atoms with E-state index in [1.807, 2.05) is 18.7 Å². The molecule has 146 valence electrons. The molecule has 5 nitrogen and oxygen atoms in total. The molecule has 1 amide bonds. The number of nitrogens with one attached hydrogen (secondary N) is 1. The highest BCUT2D eigenvalue weighted by Crippen LogP contribution is 2.29. The summed E-state index contributed by atoms with van der Waals surface area (Å²) in [5.41, 5.74) is -0.292. The van der Waals surface area contributed by atoms with Crippen molar-refractivity contribution in [3.8, 4) is 0 Å². The lowest BCUT2D eigenvalue weighted by Gasteiger charge is -2.33. The average Bonchev–Trinajstić information content (AvgIpc) is 2.98. The fraction of sp³-hybridized carbons (Fsp3) is 0.632. The molecule has 1 N–H and O–H groups in total. The summed E-state index contributed by atoms with van der Waals surface area (Å²) in [6.07, 6.45) is 4.23. The summed E-state index contributed by atoms with van der Waals surface area (Å²) in [4.78, 5) is 14.9. The van der Waals surface area contributed by atoms with E-state index in [0.717, 1.165) is 25.7 Å². The number of carbonyl (C=O) groups is 1. The third-order valence-electron chi connectivity index (χ3n) is 4.42. The van der Waals surface area contributed by atoms with Crippen molar-refractivity contribution in [3.05, 3.63) is 28.8 Å². The lowest BCUT2D eigenvalue weighted by molar-refractivity contribution is 0.0613. The molecule has 1 aliphatic carbocycles. The van der Waals surface area contributed by atoms with E-state index in [9.17, 15) is 13.2 Å². The Morgan fingerprint density at radius 2 is 1.81 bits per heavy atom. The van der Waals surface area contributed by atoms with Gasteiger partial charge in [-0.1, -0.05) is 24.4 Å². The van der Waals surface area contributed by atoms with Crippen molar-refractivity contribution in [1.29, 1.82) is 0 Å². The minimum Gasteiger partial charge on any atom is -0.333 e. The molecule has 0 aliphatic heterocycles. The Morgan fingerprint density at radius 3 is 2.31 bits per heavy atom. The van der Waals surface area contributed by atoms with E-state index in [0.29, 0.717) is 5.56 Å². The Labute approximate surface area is 162 Å². The summed E-state index contributed by atoms with van der Waals surface area (Å²) in [5.74, 6) is -0.143. The fourth-order valence-corrected chi connectivity index (χ4v) is 5.40. The maximum Gasteiger partial charge on any atom is 0.254 e. The monoisotopic (exact) mass is 400 g/mol. The van der Waals surface area contributed by atoms with E-state index in [1.54, 1.807) is 26.8 Å². The molecule has 1 saturated carbocycles. The molecule has 0 saturated heterocycles. The Bertz CT molecular complexity index is 763. The summed E-state index contributed by atoms with van der Waals surface area (Å²) < 4.78 is 28.0. The molecule has 0 spiro atoms. The Morgan fingerprint density at radius 1 is 1.23 bits per heavy atom. The van der Waals surface area contributed by atoms with Gasteiger partial charge in [0.05, 0.1) is 5.02 Å². The van der Waals surface area contributed by atoms with Crippen LogP contribution in [-0.4, -0.2) is 36.8 Å². The number of halogens is 1. The van der Waals surface area contributed by atoms with Crippen molar-refractivity contribution in [2.24, 2.45) is 0 Å². The number of hydrogen-bond donors (Lipinski definition) is 1.